The van der Waals surface area contributed by atoms with Crippen molar-refractivity contribution in [1.29, 1.82) is 0 Å². The van der Waals surface area contributed by atoms with Crippen LogP contribution < -0.4 is 5.73 Å². The Balaban J connectivity index is 2.37. The molecular formula is C13H19NO2. The molecule has 0 radical (unpaired) electrons. The topological polar surface area (TPSA) is 52.3 Å². The minimum Gasteiger partial charge on any atom is -0.462 e. The van der Waals surface area contributed by atoms with Crippen LogP contribution in [0.5, 0.6) is 0 Å². The Morgan fingerprint density at radius 2 is 1.94 bits per heavy atom. The highest BCUT2D eigenvalue weighted by molar-refractivity contribution is 5.89. The minimum absolute atomic E-state index is 0.0248. The molecule has 2 N–H and O–H groups in total. The van der Waals surface area contributed by atoms with E-state index in [1.165, 1.54) is 0 Å². The van der Waals surface area contributed by atoms with Gasteiger partial charge >= 0.3 is 5.97 Å². The Morgan fingerprint density at radius 3 is 2.50 bits per heavy atom. The van der Waals surface area contributed by atoms with Crippen LogP contribution >= 0.6 is 0 Å². The summed E-state index contributed by atoms with van der Waals surface area (Å²) in [6.45, 7) is 5.13. The van der Waals surface area contributed by atoms with Crippen LogP contribution in [0.15, 0.2) is 30.3 Å². The summed E-state index contributed by atoms with van der Waals surface area (Å²) in [4.78, 5) is 11.6. The monoisotopic (exact) mass is 221 g/mol. The number of nitrogens with two attached hydrogens (primary N) is 1. The van der Waals surface area contributed by atoms with E-state index in [2.05, 4.69) is 13.8 Å². The van der Waals surface area contributed by atoms with E-state index in [0.29, 0.717) is 18.7 Å². The lowest BCUT2D eigenvalue weighted by Gasteiger charge is -2.21. The molecule has 0 saturated heterocycles. The maximum absolute atomic E-state index is 11.6. The number of ether oxygens (including phenoxy) is 1. The van der Waals surface area contributed by atoms with Crippen molar-refractivity contribution in [2.75, 3.05) is 13.2 Å². The molecule has 0 bridgehead atoms. The summed E-state index contributed by atoms with van der Waals surface area (Å²) in [6.07, 6.45) is 0.780. The third-order valence-electron chi connectivity index (χ3n) is 2.57. The van der Waals surface area contributed by atoms with E-state index < -0.39 is 0 Å². The molecule has 0 spiro atoms. The second kappa shape index (κ2) is 5.66. The van der Waals surface area contributed by atoms with Gasteiger partial charge in [0.2, 0.25) is 0 Å². The Labute approximate surface area is 96.6 Å². The smallest absolute Gasteiger partial charge is 0.338 e. The lowest BCUT2D eigenvalue weighted by Crippen LogP contribution is -2.25. The first kappa shape index (κ1) is 12.7. The van der Waals surface area contributed by atoms with Crippen LogP contribution in [0.1, 0.15) is 30.6 Å². The van der Waals surface area contributed by atoms with Crippen molar-refractivity contribution in [3.8, 4) is 0 Å². The zero-order chi connectivity index (χ0) is 12.0. The molecule has 0 heterocycles. The van der Waals surface area contributed by atoms with Crippen LogP contribution in [0.2, 0.25) is 0 Å². The average Bonchev–Trinajstić information content (AvgIpc) is 2.30. The number of hydrogen-bond acceptors (Lipinski definition) is 3. The number of carbonyl (C=O) groups excluding carboxylic acids is 1. The Bertz CT molecular complexity index is 333. The van der Waals surface area contributed by atoms with Crippen molar-refractivity contribution in [2.24, 2.45) is 11.1 Å². The van der Waals surface area contributed by atoms with Crippen LogP contribution in [0.4, 0.5) is 0 Å². The van der Waals surface area contributed by atoms with Gasteiger partial charge in [0.15, 0.2) is 0 Å². The van der Waals surface area contributed by atoms with E-state index >= 15 is 0 Å². The predicted octanol–water partition coefficient (Wildman–Crippen LogP) is 2.22. The molecule has 0 fully saturated rings. The minimum atomic E-state index is -0.270. The fraction of sp³-hybridized carbons (Fsp3) is 0.462. The van der Waals surface area contributed by atoms with Gasteiger partial charge in [0, 0.05) is 0 Å². The Hall–Kier alpha value is -1.35. The summed E-state index contributed by atoms with van der Waals surface area (Å²) in [7, 11) is 0. The maximum Gasteiger partial charge on any atom is 0.338 e. The average molecular weight is 221 g/mol. The Kier molecular flexibility index (Phi) is 4.50. The third-order valence-corrected chi connectivity index (χ3v) is 2.57. The maximum atomic E-state index is 11.6. The SMILES string of the molecule is CC(C)(CN)CCOC(=O)c1ccccc1. The first-order valence-corrected chi connectivity index (χ1v) is 5.47. The molecule has 0 unspecified atom stereocenters. The van der Waals surface area contributed by atoms with Gasteiger partial charge in [0.1, 0.15) is 0 Å². The van der Waals surface area contributed by atoms with Crippen LogP contribution in [-0.4, -0.2) is 19.1 Å². The summed E-state index contributed by atoms with van der Waals surface area (Å²) in [5.41, 5.74) is 6.21. The van der Waals surface area contributed by atoms with E-state index in [1.54, 1.807) is 12.1 Å². The van der Waals surface area contributed by atoms with Gasteiger partial charge in [-0.25, -0.2) is 4.79 Å². The van der Waals surface area contributed by atoms with E-state index in [4.69, 9.17) is 10.5 Å². The first-order valence-electron chi connectivity index (χ1n) is 5.47. The molecule has 16 heavy (non-hydrogen) atoms. The van der Waals surface area contributed by atoms with Crippen molar-refractivity contribution in [2.45, 2.75) is 20.3 Å². The lowest BCUT2D eigenvalue weighted by molar-refractivity contribution is 0.0461. The Morgan fingerprint density at radius 1 is 1.31 bits per heavy atom. The van der Waals surface area contributed by atoms with Crippen molar-refractivity contribution in [3.05, 3.63) is 35.9 Å². The fourth-order valence-electron chi connectivity index (χ4n) is 1.18. The normalized spacial score (nSPS) is 11.2. The standard InChI is InChI=1S/C13H19NO2/c1-13(2,10-14)8-9-16-12(15)11-6-4-3-5-7-11/h3-7H,8-10,14H2,1-2H3. The van der Waals surface area contributed by atoms with Crippen LogP contribution in [-0.2, 0) is 4.74 Å². The molecule has 1 aromatic carbocycles. The van der Waals surface area contributed by atoms with E-state index in [0.717, 1.165) is 6.42 Å². The molecule has 1 aromatic rings. The van der Waals surface area contributed by atoms with Gasteiger partial charge in [-0.2, -0.15) is 0 Å². The molecule has 88 valence electrons. The molecule has 0 aliphatic carbocycles. The van der Waals surface area contributed by atoms with Crippen molar-refractivity contribution < 1.29 is 9.53 Å². The summed E-state index contributed by atoms with van der Waals surface area (Å²) in [5.74, 6) is -0.270. The molecule has 0 aliphatic rings. The largest absolute Gasteiger partial charge is 0.462 e. The van der Waals surface area contributed by atoms with Crippen molar-refractivity contribution >= 4 is 5.97 Å². The fourth-order valence-corrected chi connectivity index (χ4v) is 1.18. The molecule has 0 aliphatic heterocycles. The van der Waals surface area contributed by atoms with Gasteiger partial charge in [0.25, 0.3) is 0 Å². The molecule has 0 amide bonds. The number of rotatable bonds is 5. The van der Waals surface area contributed by atoms with E-state index in [9.17, 15) is 4.79 Å². The molecule has 0 saturated carbocycles. The highest BCUT2D eigenvalue weighted by atomic mass is 16.5. The van der Waals surface area contributed by atoms with Crippen LogP contribution in [0.3, 0.4) is 0 Å². The van der Waals surface area contributed by atoms with Crippen LogP contribution in [0, 0.1) is 5.41 Å². The highest BCUT2D eigenvalue weighted by Crippen LogP contribution is 2.18. The number of esters is 1. The molecule has 0 atom stereocenters. The molecule has 3 heteroatoms. The summed E-state index contributed by atoms with van der Waals surface area (Å²) in [6, 6.07) is 9.00. The quantitative estimate of drug-likeness (QED) is 0.776. The highest BCUT2D eigenvalue weighted by Gasteiger charge is 2.16. The van der Waals surface area contributed by atoms with Crippen molar-refractivity contribution in [1.82, 2.24) is 0 Å². The summed E-state index contributed by atoms with van der Waals surface area (Å²) >= 11 is 0. The molecule has 1 rings (SSSR count). The zero-order valence-electron chi connectivity index (χ0n) is 9.90. The summed E-state index contributed by atoms with van der Waals surface area (Å²) < 4.78 is 5.17. The van der Waals surface area contributed by atoms with Crippen molar-refractivity contribution in [3.63, 3.8) is 0 Å². The molecule has 3 nitrogen and oxygen atoms in total. The van der Waals surface area contributed by atoms with Gasteiger partial charge in [-0.15, -0.1) is 0 Å². The van der Waals surface area contributed by atoms with Gasteiger partial charge in [-0.1, -0.05) is 32.0 Å². The summed E-state index contributed by atoms with van der Waals surface area (Å²) in [5, 5.41) is 0. The van der Waals surface area contributed by atoms with Gasteiger partial charge in [-0.3, -0.25) is 0 Å². The molecule has 0 aromatic heterocycles. The van der Waals surface area contributed by atoms with Gasteiger partial charge in [-0.05, 0) is 30.5 Å². The number of carbonyl (C=O) groups is 1. The molecular weight excluding hydrogens is 202 g/mol. The van der Waals surface area contributed by atoms with E-state index in [1.807, 2.05) is 18.2 Å². The second-order valence-corrected chi connectivity index (χ2v) is 4.62. The lowest BCUT2D eigenvalue weighted by atomic mass is 9.90. The number of benzene rings is 1. The first-order chi connectivity index (χ1) is 7.55. The van der Waals surface area contributed by atoms with Gasteiger partial charge in [0.05, 0.1) is 12.2 Å². The zero-order valence-corrected chi connectivity index (χ0v) is 9.90. The number of hydrogen-bond donors (Lipinski definition) is 1. The van der Waals surface area contributed by atoms with E-state index in [-0.39, 0.29) is 11.4 Å². The predicted molar refractivity (Wildman–Crippen MR) is 64.2 cm³/mol. The van der Waals surface area contributed by atoms with Gasteiger partial charge < -0.3 is 10.5 Å². The third kappa shape index (κ3) is 4.03. The van der Waals surface area contributed by atoms with Crippen LogP contribution in [0.25, 0.3) is 0 Å². The second-order valence-electron chi connectivity index (χ2n) is 4.62.